The molecule has 1 heterocycles. The van der Waals surface area contributed by atoms with E-state index < -0.39 is 0 Å². The Bertz CT molecular complexity index is 538. The van der Waals surface area contributed by atoms with Crippen molar-refractivity contribution in [2.45, 2.75) is 13.0 Å². The zero-order valence-electron chi connectivity index (χ0n) is 10.1. The summed E-state index contributed by atoms with van der Waals surface area (Å²) in [5.74, 6) is -0.153. The predicted molar refractivity (Wildman–Crippen MR) is 71.2 cm³/mol. The predicted octanol–water partition coefficient (Wildman–Crippen LogP) is 2.35. The Morgan fingerprint density at radius 2 is 2.00 bits per heavy atom. The fraction of sp³-hybridized carbons (Fsp3) is 0.143. The van der Waals surface area contributed by atoms with Crippen LogP contribution in [-0.4, -0.2) is 10.9 Å². The molecule has 0 fully saturated rings. The van der Waals surface area contributed by atoms with Gasteiger partial charge in [0.15, 0.2) is 0 Å². The lowest BCUT2D eigenvalue weighted by Crippen LogP contribution is -2.12. The average molecular weight is 241 g/mol. The van der Waals surface area contributed by atoms with Crippen LogP contribution in [0, 0.1) is 0 Å². The van der Waals surface area contributed by atoms with Gasteiger partial charge >= 0.3 is 0 Å². The van der Waals surface area contributed by atoms with Gasteiger partial charge in [-0.2, -0.15) is 0 Å². The fourth-order valence-corrected chi connectivity index (χ4v) is 1.61. The third kappa shape index (κ3) is 2.93. The monoisotopic (exact) mass is 241 g/mol. The van der Waals surface area contributed by atoms with Crippen molar-refractivity contribution >= 4 is 11.6 Å². The molecule has 2 rings (SSSR count). The van der Waals surface area contributed by atoms with Crippen LogP contribution in [-0.2, 0) is 0 Å². The van der Waals surface area contributed by atoms with E-state index in [-0.39, 0.29) is 11.9 Å². The smallest absolute Gasteiger partial charge is 0.255 e. The van der Waals surface area contributed by atoms with Crippen molar-refractivity contribution in [1.82, 2.24) is 4.98 Å². The molecule has 1 aromatic carbocycles. The summed E-state index contributed by atoms with van der Waals surface area (Å²) in [5.41, 5.74) is 8.11. The van der Waals surface area contributed by atoms with Crippen LogP contribution >= 0.6 is 0 Å². The SMILES string of the molecule is CC(N)c1cccc(NC(=O)c2ccncc2)c1. The minimum absolute atomic E-state index is 0.0530. The Morgan fingerprint density at radius 1 is 1.28 bits per heavy atom. The van der Waals surface area contributed by atoms with Crippen molar-refractivity contribution in [3.8, 4) is 0 Å². The van der Waals surface area contributed by atoms with Crippen molar-refractivity contribution in [3.05, 3.63) is 59.9 Å². The van der Waals surface area contributed by atoms with E-state index >= 15 is 0 Å². The summed E-state index contributed by atoms with van der Waals surface area (Å²) in [6.07, 6.45) is 3.18. The second-order valence-electron chi connectivity index (χ2n) is 4.10. The van der Waals surface area contributed by atoms with E-state index in [0.29, 0.717) is 5.56 Å². The largest absolute Gasteiger partial charge is 0.324 e. The van der Waals surface area contributed by atoms with Gasteiger partial charge in [0.25, 0.3) is 5.91 Å². The highest BCUT2D eigenvalue weighted by molar-refractivity contribution is 6.04. The van der Waals surface area contributed by atoms with Crippen LogP contribution in [0.3, 0.4) is 0 Å². The van der Waals surface area contributed by atoms with E-state index in [1.165, 1.54) is 0 Å². The molecule has 0 saturated heterocycles. The molecule has 0 aliphatic carbocycles. The molecule has 2 aromatic rings. The van der Waals surface area contributed by atoms with Crippen molar-refractivity contribution in [1.29, 1.82) is 0 Å². The van der Waals surface area contributed by atoms with Crippen LogP contribution in [0.5, 0.6) is 0 Å². The van der Waals surface area contributed by atoms with Crippen molar-refractivity contribution in [3.63, 3.8) is 0 Å². The molecule has 0 saturated carbocycles. The van der Waals surface area contributed by atoms with E-state index in [2.05, 4.69) is 10.3 Å². The number of pyridine rings is 1. The van der Waals surface area contributed by atoms with Gasteiger partial charge in [0.1, 0.15) is 0 Å². The van der Waals surface area contributed by atoms with E-state index in [1.807, 2.05) is 31.2 Å². The van der Waals surface area contributed by atoms with Crippen molar-refractivity contribution in [2.75, 3.05) is 5.32 Å². The number of amides is 1. The van der Waals surface area contributed by atoms with Gasteiger partial charge in [0.05, 0.1) is 0 Å². The molecule has 3 N–H and O–H groups in total. The summed E-state index contributed by atoms with van der Waals surface area (Å²) in [4.78, 5) is 15.8. The van der Waals surface area contributed by atoms with Gasteiger partial charge in [-0.3, -0.25) is 9.78 Å². The number of nitrogens with two attached hydrogens (primary N) is 1. The first-order valence-corrected chi connectivity index (χ1v) is 5.74. The normalized spacial score (nSPS) is 11.9. The van der Waals surface area contributed by atoms with Gasteiger partial charge in [0, 0.05) is 29.7 Å². The number of hydrogen-bond donors (Lipinski definition) is 2. The number of nitrogens with zero attached hydrogens (tertiary/aromatic N) is 1. The van der Waals surface area contributed by atoms with Crippen LogP contribution in [0.2, 0.25) is 0 Å². The van der Waals surface area contributed by atoms with Crippen molar-refractivity contribution < 1.29 is 4.79 Å². The molecule has 0 radical (unpaired) electrons. The number of nitrogens with one attached hydrogen (secondary N) is 1. The average Bonchev–Trinajstić information content (AvgIpc) is 2.40. The Balaban J connectivity index is 2.15. The first kappa shape index (κ1) is 12.3. The van der Waals surface area contributed by atoms with E-state index in [0.717, 1.165) is 11.3 Å². The summed E-state index contributed by atoms with van der Waals surface area (Å²) in [6, 6.07) is 10.8. The molecule has 0 aliphatic rings. The summed E-state index contributed by atoms with van der Waals surface area (Å²) >= 11 is 0. The van der Waals surface area contributed by atoms with E-state index in [4.69, 9.17) is 5.73 Å². The number of rotatable bonds is 3. The van der Waals surface area contributed by atoms with Crippen LogP contribution in [0.1, 0.15) is 28.9 Å². The maximum atomic E-state index is 11.9. The molecule has 4 nitrogen and oxygen atoms in total. The first-order valence-electron chi connectivity index (χ1n) is 5.74. The Morgan fingerprint density at radius 3 is 2.67 bits per heavy atom. The maximum absolute atomic E-state index is 11.9. The van der Waals surface area contributed by atoms with Gasteiger partial charge in [0.2, 0.25) is 0 Å². The molecule has 1 aromatic heterocycles. The lowest BCUT2D eigenvalue weighted by Gasteiger charge is -2.09. The lowest BCUT2D eigenvalue weighted by atomic mass is 10.1. The quantitative estimate of drug-likeness (QED) is 0.866. The molecule has 18 heavy (non-hydrogen) atoms. The third-order valence-corrected chi connectivity index (χ3v) is 2.61. The van der Waals surface area contributed by atoms with Crippen LogP contribution in [0.4, 0.5) is 5.69 Å². The second-order valence-corrected chi connectivity index (χ2v) is 4.10. The zero-order valence-corrected chi connectivity index (χ0v) is 10.1. The number of anilines is 1. The first-order chi connectivity index (χ1) is 8.66. The standard InChI is InChI=1S/C14H15N3O/c1-10(15)12-3-2-4-13(9-12)17-14(18)11-5-7-16-8-6-11/h2-10H,15H2,1H3,(H,17,18). The topological polar surface area (TPSA) is 68.0 Å². The summed E-state index contributed by atoms with van der Waals surface area (Å²) in [7, 11) is 0. The third-order valence-electron chi connectivity index (χ3n) is 2.61. The van der Waals surface area contributed by atoms with Gasteiger partial charge in [-0.1, -0.05) is 12.1 Å². The fourth-order valence-electron chi connectivity index (χ4n) is 1.61. The van der Waals surface area contributed by atoms with Crippen LogP contribution in [0.15, 0.2) is 48.8 Å². The highest BCUT2D eigenvalue weighted by Gasteiger charge is 2.06. The summed E-state index contributed by atoms with van der Waals surface area (Å²) in [5, 5.41) is 2.83. The molecule has 92 valence electrons. The summed E-state index contributed by atoms with van der Waals surface area (Å²) < 4.78 is 0. The van der Waals surface area contributed by atoms with Gasteiger partial charge in [-0.25, -0.2) is 0 Å². The Kier molecular flexibility index (Phi) is 3.69. The number of aromatic nitrogens is 1. The number of carbonyl (C=O) groups is 1. The molecule has 0 spiro atoms. The highest BCUT2D eigenvalue weighted by atomic mass is 16.1. The van der Waals surface area contributed by atoms with Gasteiger partial charge in [-0.05, 0) is 36.8 Å². The molecule has 1 atom stereocenters. The lowest BCUT2D eigenvalue weighted by molar-refractivity contribution is 0.102. The minimum Gasteiger partial charge on any atom is -0.324 e. The number of benzene rings is 1. The molecular weight excluding hydrogens is 226 g/mol. The zero-order chi connectivity index (χ0) is 13.0. The molecule has 4 heteroatoms. The van der Waals surface area contributed by atoms with E-state index in [9.17, 15) is 4.79 Å². The molecule has 1 amide bonds. The minimum atomic E-state index is -0.153. The maximum Gasteiger partial charge on any atom is 0.255 e. The van der Waals surface area contributed by atoms with Crippen LogP contribution < -0.4 is 11.1 Å². The molecule has 0 bridgehead atoms. The molecule has 0 aliphatic heterocycles. The van der Waals surface area contributed by atoms with Gasteiger partial charge in [-0.15, -0.1) is 0 Å². The van der Waals surface area contributed by atoms with Crippen molar-refractivity contribution in [2.24, 2.45) is 5.73 Å². The molecular formula is C14H15N3O. The number of carbonyl (C=O) groups excluding carboxylic acids is 1. The van der Waals surface area contributed by atoms with Crippen LogP contribution in [0.25, 0.3) is 0 Å². The number of hydrogen-bond acceptors (Lipinski definition) is 3. The highest BCUT2D eigenvalue weighted by Crippen LogP contribution is 2.16. The second kappa shape index (κ2) is 5.42. The molecule has 1 unspecified atom stereocenters. The Hall–Kier alpha value is -2.20. The van der Waals surface area contributed by atoms with E-state index in [1.54, 1.807) is 24.5 Å². The summed E-state index contributed by atoms with van der Waals surface area (Å²) in [6.45, 7) is 1.91. The Labute approximate surface area is 106 Å². The van der Waals surface area contributed by atoms with Gasteiger partial charge < -0.3 is 11.1 Å².